The SMILES string of the molecule is C[Si]1(C)c2cc(O)ccc2C2(SCc3ccccc32)c2ccc(O)cc21. The molecule has 2 nitrogen and oxygen atoms in total. The molecule has 4 heteroatoms. The number of aromatic hydroxyl groups is 2. The van der Waals surface area contributed by atoms with Crippen molar-refractivity contribution in [3.8, 4) is 11.5 Å². The second-order valence-electron chi connectivity index (χ2n) is 7.71. The molecule has 3 aromatic carbocycles. The lowest BCUT2D eigenvalue weighted by molar-refractivity contribution is 0.475. The summed E-state index contributed by atoms with van der Waals surface area (Å²) >= 11 is 1.95. The molecule has 0 fully saturated rings. The largest absolute Gasteiger partial charge is 0.508 e. The quantitative estimate of drug-likeness (QED) is 0.587. The van der Waals surface area contributed by atoms with Crippen molar-refractivity contribution in [3.05, 3.63) is 82.9 Å². The standard InChI is InChI=1S/C22H20O2SSi/c1-26(2)20-11-15(23)7-9-18(20)22(19-10-8-16(24)12-21(19)26)17-6-4-3-5-14(17)13-25-22/h3-12,23-24H,13H2,1-2H3. The van der Waals surface area contributed by atoms with Crippen LogP contribution in [-0.4, -0.2) is 18.3 Å². The van der Waals surface area contributed by atoms with Gasteiger partial charge in [-0.25, -0.2) is 0 Å². The van der Waals surface area contributed by atoms with E-state index in [0.717, 1.165) is 5.75 Å². The predicted octanol–water partition coefficient (Wildman–Crippen LogP) is 3.77. The minimum absolute atomic E-state index is 0.259. The summed E-state index contributed by atoms with van der Waals surface area (Å²) in [5, 5.41) is 23.0. The van der Waals surface area contributed by atoms with Crippen LogP contribution in [0, 0.1) is 0 Å². The summed E-state index contributed by atoms with van der Waals surface area (Å²) < 4.78 is -0.259. The first-order valence-corrected chi connectivity index (χ1v) is 12.8. The molecule has 0 amide bonds. The van der Waals surface area contributed by atoms with Crippen molar-refractivity contribution < 1.29 is 10.2 Å². The van der Waals surface area contributed by atoms with E-state index >= 15 is 0 Å². The molecule has 0 saturated carbocycles. The van der Waals surface area contributed by atoms with Gasteiger partial charge in [0.15, 0.2) is 0 Å². The van der Waals surface area contributed by atoms with Gasteiger partial charge in [-0.2, -0.15) is 0 Å². The number of rotatable bonds is 0. The Labute approximate surface area is 158 Å². The number of hydrogen-bond acceptors (Lipinski definition) is 3. The van der Waals surface area contributed by atoms with Gasteiger partial charge >= 0.3 is 0 Å². The summed E-state index contributed by atoms with van der Waals surface area (Å²) in [6.45, 7) is 4.61. The molecule has 5 rings (SSSR count). The van der Waals surface area contributed by atoms with Crippen LogP contribution in [0.15, 0.2) is 60.7 Å². The molecule has 26 heavy (non-hydrogen) atoms. The highest BCUT2D eigenvalue weighted by Gasteiger charge is 2.52. The molecular weight excluding hydrogens is 356 g/mol. The van der Waals surface area contributed by atoms with Crippen molar-refractivity contribution in [2.45, 2.75) is 23.6 Å². The van der Waals surface area contributed by atoms with Crippen LogP contribution in [0.5, 0.6) is 11.5 Å². The van der Waals surface area contributed by atoms with E-state index in [9.17, 15) is 10.2 Å². The van der Waals surface area contributed by atoms with Gasteiger partial charge in [-0.05, 0) is 56.9 Å². The average molecular weight is 377 g/mol. The molecule has 0 aliphatic carbocycles. The fourth-order valence-electron chi connectivity index (χ4n) is 4.70. The Balaban J connectivity index is 1.95. The molecule has 3 aromatic rings. The Kier molecular flexibility index (Phi) is 3.19. The maximum Gasteiger partial charge on any atom is 0.115 e. The molecule has 2 aliphatic rings. The van der Waals surface area contributed by atoms with E-state index in [1.807, 2.05) is 36.0 Å². The van der Waals surface area contributed by atoms with Crippen LogP contribution in [0.4, 0.5) is 0 Å². The smallest absolute Gasteiger partial charge is 0.115 e. The zero-order valence-corrected chi connectivity index (χ0v) is 16.6. The van der Waals surface area contributed by atoms with E-state index < -0.39 is 8.07 Å². The minimum Gasteiger partial charge on any atom is -0.508 e. The lowest BCUT2D eigenvalue weighted by Gasteiger charge is -2.44. The van der Waals surface area contributed by atoms with E-state index in [1.165, 1.54) is 32.6 Å². The first kappa shape index (κ1) is 16.0. The first-order valence-electron chi connectivity index (χ1n) is 8.85. The highest BCUT2D eigenvalue weighted by molar-refractivity contribution is 8.00. The van der Waals surface area contributed by atoms with Gasteiger partial charge in [0.05, 0.1) is 4.75 Å². The van der Waals surface area contributed by atoms with Gasteiger partial charge in [-0.15, -0.1) is 11.8 Å². The van der Waals surface area contributed by atoms with E-state index in [-0.39, 0.29) is 4.75 Å². The van der Waals surface area contributed by atoms with Gasteiger partial charge in [0.1, 0.15) is 19.6 Å². The highest BCUT2D eigenvalue weighted by atomic mass is 32.2. The van der Waals surface area contributed by atoms with Crippen LogP contribution >= 0.6 is 11.8 Å². The number of hydrogen-bond donors (Lipinski definition) is 2. The molecular formula is C22H20O2SSi. The van der Waals surface area contributed by atoms with Crippen LogP contribution in [0.25, 0.3) is 0 Å². The van der Waals surface area contributed by atoms with Gasteiger partial charge in [0.25, 0.3) is 0 Å². The Morgan fingerprint density at radius 1 is 0.808 bits per heavy atom. The van der Waals surface area contributed by atoms with Crippen molar-refractivity contribution in [1.82, 2.24) is 0 Å². The maximum absolute atomic E-state index is 10.2. The fourth-order valence-corrected chi connectivity index (χ4v) is 9.72. The van der Waals surface area contributed by atoms with Gasteiger partial charge in [-0.3, -0.25) is 0 Å². The number of phenolic OH excluding ortho intramolecular Hbond substituents is 2. The van der Waals surface area contributed by atoms with Gasteiger partial charge in [0, 0.05) is 5.75 Å². The van der Waals surface area contributed by atoms with Crippen LogP contribution in [0.2, 0.25) is 13.1 Å². The number of thioether (sulfide) groups is 1. The second kappa shape index (κ2) is 5.18. The second-order valence-corrected chi connectivity index (χ2v) is 13.2. The maximum atomic E-state index is 10.2. The van der Waals surface area contributed by atoms with E-state index in [2.05, 4.69) is 49.5 Å². The molecule has 0 unspecified atom stereocenters. The molecule has 130 valence electrons. The zero-order valence-electron chi connectivity index (χ0n) is 14.8. The molecule has 0 atom stereocenters. The number of benzene rings is 3. The summed E-state index contributed by atoms with van der Waals surface area (Å²) in [4.78, 5) is 0. The molecule has 2 aliphatic heterocycles. The Bertz CT molecular complexity index is 1000. The van der Waals surface area contributed by atoms with Gasteiger partial charge in [-0.1, -0.05) is 49.5 Å². The fraction of sp³-hybridized carbons (Fsp3) is 0.182. The summed E-state index contributed by atoms with van der Waals surface area (Å²) in [6, 6.07) is 20.5. The predicted molar refractivity (Wildman–Crippen MR) is 111 cm³/mol. The summed E-state index contributed by atoms with van der Waals surface area (Å²) in [7, 11) is -2.04. The normalized spacial score (nSPS) is 18.2. The molecule has 0 bridgehead atoms. The van der Waals surface area contributed by atoms with Crippen molar-refractivity contribution in [1.29, 1.82) is 0 Å². The first-order chi connectivity index (χ1) is 12.4. The molecule has 1 spiro atoms. The molecule has 2 N–H and O–H groups in total. The zero-order chi connectivity index (χ0) is 18.1. The third kappa shape index (κ3) is 1.89. The molecule has 0 saturated heterocycles. The van der Waals surface area contributed by atoms with Gasteiger partial charge in [0.2, 0.25) is 0 Å². The van der Waals surface area contributed by atoms with E-state index in [1.54, 1.807) is 0 Å². The minimum atomic E-state index is -2.04. The lowest BCUT2D eigenvalue weighted by Crippen LogP contribution is -2.62. The van der Waals surface area contributed by atoms with Crippen molar-refractivity contribution >= 4 is 30.2 Å². The topological polar surface area (TPSA) is 40.5 Å². The molecule has 0 radical (unpaired) electrons. The van der Waals surface area contributed by atoms with Crippen LogP contribution in [0.3, 0.4) is 0 Å². The molecule has 2 heterocycles. The Morgan fingerprint density at radius 3 is 2.00 bits per heavy atom. The summed E-state index contributed by atoms with van der Waals surface area (Å²) in [5.74, 6) is 1.61. The number of phenols is 2. The van der Waals surface area contributed by atoms with Crippen LogP contribution < -0.4 is 10.4 Å². The number of fused-ring (bicyclic) bond motifs is 6. The van der Waals surface area contributed by atoms with E-state index in [0.29, 0.717) is 11.5 Å². The Morgan fingerprint density at radius 2 is 1.38 bits per heavy atom. The van der Waals surface area contributed by atoms with Crippen LogP contribution in [0.1, 0.15) is 22.3 Å². The summed E-state index contributed by atoms with van der Waals surface area (Å²) in [6.07, 6.45) is 0. The average Bonchev–Trinajstić information content (AvgIpc) is 3.01. The van der Waals surface area contributed by atoms with Crippen LogP contribution in [-0.2, 0) is 10.5 Å². The third-order valence-corrected chi connectivity index (χ3v) is 11.0. The summed E-state index contributed by atoms with van der Waals surface area (Å²) in [5.41, 5.74) is 5.32. The third-order valence-electron chi connectivity index (χ3n) is 5.95. The van der Waals surface area contributed by atoms with E-state index in [4.69, 9.17) is 0 Å². The molecule has 0 aromatic heterocycles. The Hall–Kier alpha value is -2.17. The highest BCUT2D eigenvalue weighted by Crippen LogP contribution is 2.56. The lowest BCUT2D eigenvalue weighted by atomic mass is 9.81. The monoisotopic (exact) mass is 376 g/mol. The van der Waals surface area contributed by atoms with Gasteiger partial charge < -0.3 is 10.2 Å². The van der Waals surface area contributed by atoms with Crippen molar-refractivity contribution in [3.63, 3.8) is 0 Å². The van der Waals surface area contributed by atoms with Crippen molar-refractivity contribution in [2.75, 3.05) is 0 Å². The van der Waals surface area contributed by atoms with Crippen molar-refractivity contribution in [2.24, 2.45) is 0 Å².